The highest BCUT2D eigenvalue weighted by Crippen LogP contribution is 2.15. The van der Waals surface area contributed by atoms with E-state index in [0.29, 0.717) is 12.2 Å². The largest absolute Gasteiger partial charge is 0.379 e. The fraction of sp³-hybridized carbons (Fsp3) is 0.200. The smallest absolute Gasteiger partial charge is 0.146 e. The molecule has 2 aromatic rings. The third kappa shape index (κ3) is 3.06. The van der Waals surface area contributed by atoms with Crippen molar-refractivity contribution in [2.45, 2.75) is 20.4 Å². The first-order chi connectivity index (χ1) is 8.15. The lowest BCUT2D eigenvalue weighted by Gasteiger charge is -2.09. The Bertz CT molecular complexity index is 500. The molecular formula is C15H16FN. The van der Waals surface area contributed by atoms with Gasteiger partial charge in [-0.2, -0.15) is 0 Å². The molecule has 2 heteroatoms. The molecule has 0 bridgehead atoms. The summed E-state index contributed by atoms with van der Waals surface area (Å²) in [6.07, 6.45) is 0. The van der Waals surface area contributed by atoms with Crippen LogP contribution in [-0.4, -0.2) is 0 Å². The first-order valence-electron chi connectivity index (χ1n) is 5.71. The lowest BCUT2D eigenvalue weighted by Crippen LogP contribution is -2.01. The monoisotopic (exact) mass is 229 g/mol. The number of aryl methyl sites for hydroxylation is 2. The van der Waals surface area contributed by atoms with Crippen LogP contribution in [-0.2, 0) is 6.54 Å². The maximum atomic E-state index is 13.4. The van der Waals surface area contributed by atoms with Crippen molar-refractivity contribution in [3.63, 3.8) is 0 Å². The highest BCUT2D eigenvalue weighted by atomic mass is 19.1. The molecule has 1 N–H and O–H groups in total. The topological polar surface area (TPSA) is 12.0 Å². The number of anilines is 1. The molecule has 0 heterocycles. The third-order valence-corrected chi connectivity index (χ3v) is 2.64. The summed E-state index contributed by atoms with van der Waals surface area (Å²) in [7, 11) is 0. The van der Waals surface area contributed by atoms with Gasteiger partial charge < -0.3 is 5.32 Å². The van der Waals surface area contributed by atoms with E-state index in [9.17, 15) is 4.39 Å². The molecule has 1 nitrogen and oxygen atoms in total. The van der Waals surface area contributed by atoms with Crippen LogP contribution in [0.25, 0.3) is 0 Å². The van der Waals surface area contributed by atoms with E-state index in [1.807, 2.05) is 6.07 Å². The van der Waals surface area contributed by atoms with Gasteiger partial charge in [0.1, 0.15) is 5.82 Å². The number of hydrogen-bond donors (Lipinski definition) is 1. The summed E-state index contributed by atoms with van der Waals surface area (Å²) in [6.45, 7) is 4.78. The first-order valence-corrected chi connectivity index (χ1v) is 5.71. The minimum absolute atomic E-state index is 0.211. The zero-order chi connectivity index (χ0) is 12.3. The second-order valence-electron chi connectivity index (χ2n) is 4.33. The van der Waals surface area contributed by atoms with Gasteiger partial charge in [-0.05, 0) is 31.5 Å². The Kier molecular flexibility index (Phi) is 3.43. The molecule has 17 heavy (non-hydrogen) atoms. The number of para-hydroxylation sites is 1. The molecule has 0 saturated heterocycles. The summed E-state index contributed by atoms with van der Waals surface area (Å²) in [4.78, 5) is 0. The van der Waals surface area contributed by atoms with Crippen LogP contribution < -0.4 is 5.32 Å². The summed E-state index contributed by atoms with van der Waals surface area (Å²) >= 11 is 0. The molecule has 0 spiro atoms. The van der Waals surface area contributed by atoms with Gasteiger partial charge in [-0.15, -0.1) is 0 Å². The summed E-state index contributed by atoms with van der Waals surface area (Å²) in [6, 6.07) is 13.1. The first kappa shape index (κ1) is 11.6. The Morgan fingerprint density at radius 3 is 2.29 bits per heavy atom. The maximum Gasteiger partial charge on any atom is 0.146 e. The van der Waals surface area contributed by atoms with E-state index in [4.69, 9.17) is 0 Å². The van der Waals surface area contributed by atoms with Gasteiger partial charge in [-0.3, -0.25) is 0 Å². The van der Waals surface area contributed by atoms with Gasteiger partial charge in [-0.1, -0.05) is 41.5 Å². The summed E-state index contributed by atoms with van der Waals surface area (Å²) in [5.74, 6) is -0.211. The van der Waals surface area contributed by atoms with Gasteiger partial charge in [0, 0.05) is 6.54 Å². The van der Waals surface area contributed by atoms with Gasteiger partial charge in [0.05, 0.1) is 5.69 Å². The lowest BCUT2D eigenvalue weighted by molar-refractivity contribution is 0.630. The normalized spacial score (nSPS) is 10.3. The summed E-state index contributed by atoms with van der Waals surface area (Å²) < 4.78 is 13.4. The van der Waals surface area contributed by atoms with Crippen molar-refractivity contribution in [3.05, 3.63) is 65.0 Å². The highest BCUT2D eigenvalue weighted by Gasteiger charge is 2.00. The van der Waals surface area contributed by atoms with Crippen LogP contribution in [0, 0.1) is 19.7 Å². The van der Waals surface area contributed by atoms with Crippen molar-refractivity contribution in [1.82, 2.24) is 0 Å². The fourth-order valence-corrected chi connectivity index (χ4v) is 1.97. The predicted molar refractivity (Wildman–Crippen MR) is 69.6 cm³/mol. The SMILES string of the molecule is Cc1cc(C)cc(CNc2ccccc2F)c1. The summed E-state index contributed by atoms with van der Waals surface area (Å²) in [5, 5.41) is 3.11. The van der Waals surface area contributed by atoms with E-state index in [-0.39, 0.29) is 5.82 Å². The van der Waals surface area contributed by atoms with Crippen LogP contribution >= 0.6 is 0 Å². The van der Waals surface area contributed by atoms with Crippen LogP contribution in [0.5, 0.6) is 0 Å². The number of nitrogens with one attached hydrogen (secondary N) is 1. The molecule has 0 fully saturated rings. The number of halogens is 1. The minimum atomic E-state index is -0.211. The van der Waals surface area contributed by atoms with Crippen molar-refractivity contribution in [3.8, 4) is 0 Å². The van der Waals surface area contributed by atoms with E-state index < -0.39 is 0 Å². The molecule has 0 unspecified atom stereocenters. The second kappa shape index (κ2) is 5.00. The van der Waals surface area contributed by atoms with Crippen LogP contribution in [0.3, 0.4) is 0 Å². The van der Waals surface area contributed by atoms with Gasteiger partial charge in [0.15, 0.2) is 0 Å². The molecule has 0 saturated carbocycles. The predicted octanol–water partition coefficient (Wildman–Crippen LogP) is 4.05. The fourth-order valence-electron chi connectivity index (χ4n) is 1.97. The highest BCUT2D eigenvalue weighted by molar-refractivity contribution is 5.45. The Labute approximate surface area is 101 Å². The number of benzene rings is 2. The molecule has 0 aliphatic carbocycles. The Morgan fingerprint density at radius 2 is 1.65 bits per heavy atom. The average Bonchev–Trinajstić information content (AvgIpc) is 2.27. The zero-order valence-electron chi connectivity index (χ0n) is 10.1. The van der Waals surface area contributed by atoms with Crippen LogP contribution in [0.1, 0.15) is 16.7 Å². The average molecular weight is 229 g/mol. The van der Waals surface area contributed by atoms with Gasteiger partial charge in [0.25, 0.3) is 0 Å². The van der Waals surface area contributed by atoms with Crippen molar-refractivity contribution >= 4 is 5.69 Å². The van der Waals surface area contributed by atoms with E-state index in [0.717, 1.165) is 0 Å². The standard InChI is InChI=1S/C15H16FN/c1-11-7-12(2)9-13(8-11)10-17-15-6-4-3-5-14(15)16/h3-9,17H,10H2,1-2H3. The van der Waals surface area contributed by atoms with E-state index in [1.165, 1.54) is 22.8 Å². The lowest BCUT2D eigenvalue weighted by atomic mass is 10.1. The molecule has 88 valence electrons. The Hall–Kier alpha value is -1.83. The molecule has 0 atom stereocenters. The Morgan fingerprint density at radius 1 is 1.00 bits per heavy atom. The second-order valence-corrected chi connectivity index (χ2v) is 4.33. The molecule has 0 amide bonds. The van der Waals surface area contributed by atoms with Crippen molar-refractivity contribution in [1.29, 1.82) is 0 Å². The van der Waals surface area contributed by atoms with E-state index in [2.05, 4.69) is 37.4 Å². The number of hydrogen-bond acceptors (Lipinski definition) is 1. The van der Waals surface area contributed by atoms with Crippen molar-refractivity contribution in [2.24, 2.45) is 0 Å². The quantitative estimate of drug-likeness (QED) is 0.837. The summed E-state index contributed by atoms with van der Waals surface area (Å²) in [5.41, 5.74) is 4.18. The Balaban J connectivity index is 2.10. The maximum absolute atomic E-state index is 13.4. The zero-order valence-corrected chi connectivity index (χ0v) is 10.1. The number of rotatable bonds is 3. The molecule has 0 aliphatic heterocycles. The molecule has 2 aromatic carbocycles. The third-order valence-electron chi connectivity index (χ3n) is 2.64. The van der Waals surface area contributed by atoms with Gasteiger partial charge in [0.2, 0.25) is 0 Å². The molecular weight excluding hydrogens is 213 g/mol. The molecule has 0 aliphatic rings. The molecule has 0 radical (unpaired) electrons. The van der Waals surface area contributed by atoms with E-state index in [1.54, 1.807) is 12.1 Å². The van der Waals surface area contributed by atoms with Crippen molar-refractivity contribution < 1.29 is 4.39 Å². The molecule has 0 aromatic heterocycles. The van der Waals surface area contributed by atoms with Gasteiger partial charge in [-0.25, -0.2) is 4.39 Å². The minimum Gasteiger partial charge on any atom is -0.379 e. The van der Waals surface area contributed by atoms with Gasteiger partial charge >= 0.3 is 0 Å². The molecule has 2 rings (SSSR count). The van der Waals surface area contributed by atoms with E-state index >= 15 is 0 Å². The van der Waals surface area contributed by atoms with Crippen LogP contribution in [0.15, 0.2) is 42.5 Å². The van der Waals surface area contributed by atoms with Crippen molar-refractivity contribution in [2.75, 3.05) is 5.32 Å². The van der Waals surface area contributed by atoms with Crippen LogP contribution in [0.4, 0.5) is 10.1 Å². The van der Waals surface area contributed by atoms with Crippen LogP contribution in [0.2, 0.25) is 0 Å².